The highest BCUT2D eigenvalue weighted by Crippen LogP contribution is 2.26. The van der Waals surface area contributed by atoms with Gasteiger partial charge in [0.15, 0.2) is 0 Å². The second-order valence-electron chi connectivity index (χ2n) is 5.04. The van der Waals surface area contributed by atoms with Crippen molar-refractivity contribution < 1.29 is 9.84 Å². The van der Waals surface area contributed by atoms with Crippen LogP contribution in [0.15, 0.2) is 36.4 Å². The van der Waals surface area contributed by atoms with Crippen molar-refractivity contribution >= 4 is 0 Å². The van der Waals surface area contributed by atoms with Crippen molar-refractivity contribution in [3.8, 4) is 5.75 Å². The molecule has 2 unspecified atom stereocenters. The predicted molar refractivity (Wildman–Crippen MR) is 73.8 cm³/mol. The van der Waals surface area contributed by atoms with Gasteiger partial charge in [-0.1, -0.05) is 30.7 Å². The summed E-state index contributed by atoms with van der Waals surface area (Å²) in [4.78, 5) is 0. The molecule has 2 nitrogen and oxygen atoms in total. The summed E-state index contributed by atoms with van der Waals surface area (Å²) in [6, 6.07) is 8.10. The van der Waals surface area contributed by atoms with Crippen molar-refractivity contribution in [2.24, 2.45) is 5.92 Å². The number of aliphatic hydroxyl groups excluding tert-OH is 1. The van der Waals surface area contributed by atoms with Crippen LogP contribution in [0.3, 0.4) is 0 Å². The molecule has 1 aromatic rings. The lowest BCUT2D eigenvalue weighted by atomic mass is 10.1. The summed E-state index contributed by atoms with van der Waals surface area (Å²) in [6.45, 7) is 2.76. The molecule has 18 heavy (non-hydrogen) atoms. The Labute approximate surface area is 109 Å². The zero-order chi connectivity index (χ0) is 12.8. The fraction of sp³-hybridized carbons (Fsp3) is 0.500. The van der Waals surface area contributed by atoms with E-state index in [0.717, 1.165) is 31.4 Å². The van der Waals surface area contributed by atoms with Crippen LogP contribution in [0.2, 0.25) is 0 Å². The Kier molecular flexibility index (Phi) is 4.82. The SMILES string of the molecule is Cc1cccc(OCC/C=C/C2CCCC2O)c1. The number of aliphatic hydroxyl groups is 1. The van der Waals surface area contributed by atoms with Crippen LogP contribution in [0.5, 0.6) is 5.75 Å². The highest BCUT2D eigenvalue weighted by molar-refractivity contribution is 5.27. The molecule has 2 atom stereocenters. The van der Waals surface area contributed by atoms with Gasteiger partial charge in [0.1, 0.15) is 5.75 Å². The van der Waals surface area contributed by atoms with Gasteiger partial charge in [-0.25, -0.2) is 0 Å². The van der Waals surface area contributed by atoms with Crippen LogP contribution in [0.4, 0.5) is 0 Å². The summed E-state index contributed by atoms with van der Waals surface area (Å²) in [5.74, 6) is 1.30. The smallest absolute Gasteiger partial charge is 0.119 e. The van der Waals surface area contributed by atoms with Gasteiger partial charge in [0, 0.05) is 5.92 Å². The third-order valence-electron chi connectivity index (χ3n) is 3.46. The minimum atomic E-state index is -0.126. The molecular weight excluding hydrogens is 224 g/mol. The lowest BCUT2D eigenvalue weighted by molar-refractivity contribution is 0.153. The van der Waals surface area contributed by atoms with Gasteiger partial charge >= 0.3 is 0 Å². The van der Waals surface area contributed by atoms with Gasteiger partial charge in [-0.05, 0) is 43.9 Å². The molecule has 98 valence electrons. The molecule has 0 aliphatic heterocycles. The zero-order valence-electron chi connectivity index (χ0n) is 11.0. The Balaban J connectivity index is 1.68. The van der Waals surface area contributed by atoms with Crippen molar-refractivity contribution in [3.63, 3.8) is 0 Å². The molecule has 0 saturated heterocycles. The molecule has 0 radical (unpaired) electrons. The van der Waals surface area contributed by atoms with Crippen LogP contribution in [0.1, 0.15) is 31.2 Å². The lowest BCUT2D eigenvalue weighted by Gasteiger charge is -2.08. The van der Waals surface area contributed by atoms with Gasteiger partial charge < -0.3 is 9.84 Å². The second-order valence-corrected chi connectivity index (χ2v) is 5.04. The Hall–Kier alpha value is -1.28. The van der Waals surface area contributed by atoms with Crippen LogP contribution in [0, 0.1) is 12.8 Å². The van der Waals surface area contributed by atoms with E-state index in [-0.39, 0.29) is 6.10 Å². The Morgan fingerprint density at radius 1 is 1.39 bits per heavy atom. The Bertz CT molecular complexity index is 398. The molecule has 1 fully saturated rings. The fourth-order valence-electron chi connectivity index (χ4n) is 2.41. The van der Waals surface area contributed by atoms with E-state index in [0.29, 0.717) is 12.5 Å². The molecule has 2 rings (SSSR count). The standard InChI is InChI=1S/C16H22O2/c1-13-6-4-9-15(12-13)18-11-3-2-7-14-8-5-10-16(14)17/h2,4,6-7,9,12,14,16-17H,3,5,8,10-11H2,1H3/b7-2+. The molecule has 0 aromatic heterocycles. The average molecular weight is 246 g/mol. The monoisotopic (exact) mass is 246 g/mol. The normalized spacial score (nSPS) is 23.7. The molecule has 2 heteroatoms. The van der Waals surface area contributed by atoms with E-state index < -0.39 is 0 Å². The number of hydrogen-bond acceptors (Lipinski definition) is 2. The molecule has 1 aromatic carbocycles. The number of aryl methyl sites for hydroxylation is 1. The quantitative estimate of drug-likeness (QED) is 0.636. The summed E-state index contributed by atoms with van der Waals surface area (Å²) >= 11 is 0. The first-order chi connectivity index (χ1) is 8.75. The summed E-state index contributed by atoms with van der Waals surface area (Å²) in [7, 11) is 0. The first kappa shape index (κ1) is 13.2. The van der Waals surface area contributed by atoms with Crippen molar-refractivity contribution in [1.29, 1.82) is 0 Å². The highest BCUT2D eigenvalue weighted by atomic mass is 16.5. The summed E-state index contributed by atoms with van der Waals surface area (Å²) in [5, 5.41) is 9.67. The van der Waals surface area contributed by atoms with E-state index in [4.69, 9.17) is 4.74 Å². The minimum Gasteiger partial charge on any atom is -0.493 e. The Morgan fingerprint density at radius 2 is 2.28 bits per heavy atom. The maximum absolute atomic E-state index is 9.67. The van der Waals surface area contributed by atoms with Crippen LogP contribution in [0.25, 0.3) is 0 Å². The van der Waals surface area contributed by atoms with Crippen LogP contribution >= 0.6 is 0 Å². The van der Waals surface area contributed by atoms with Gasteiger partial charge in [-0.15, -0.1) is 0 Å². The van der Waals surface area contributed by atoms with Crippen molar-refractivity contribution in [1.82, 2.24) is 0 Å². The molecule has 0 bridgehead atoms. The zero-order valence-corrected chi connectivity index (χ0v) is 11.0. The van der Waals surface area contributed by atoms with Crippen molar-refractivity contribution in [3.05, 3.63) is 42.0 Å². The molecule has 0 heterocycles. The molecule has 1 aliphatic rings. The minimum absolute atomic E-state index is 0.126. The first-order valence-electron chi connectivity index (χ1n) is 6.80. The van der Waals surface area contributed by atoms with Gasteiger partial charge in [0.2, 0.25) is 0 Å². The van der Waals surface area contributed by atoms with Gasteiger partial charge in [0.25, 0.3) is 0 Å². The third-order valence-corrected chi connectivity index (χ3v) is 3.46. The van der Waals surface area contributed by atoms with Crippen molar-refractivity contribution in [2.45, 2.75) is 38.7 Å². The maximum atomic E-state index is 9.67. The predicted octanol–water partition coefficient (Wildman–Crippen LogP) is 3.48. The fourth-order valence-corrected chi connectivity index (χ4v) is 2.41. The van der Waals surface area contributed by atoms with Crippen LogP contribution in [-0.4, -0.2) is 17.8 Å². The molecule has 1 saturated carbocycles. The number of hydrogen-bond donors (Lipinski definition) is 1. The summed E-state index contributed by atoms with van der Waals surface area (Å²) < 4.78 is 5.66. The van der Waals surface area contributed by atoms with E-state index in [1.807, 2.05) is 18.2 Å². The van der Waals surface area contributed by atoms with Crippen LogP contribution < -0.4 is 4.74 Å². The molecule has 1 aliphatic carbocycles. The highest BCUT2D eigenvalue weighted by Gasteiger charge is 2.21. The number of rotatable bonds is 5. The van der Waals surface area contributed by atoms with E-state index in [9.17, 15) is 5.11 Å². The molecule has 0 spiro atoms. The maximum Gasteiger partial charge on any atom is 0.119 e. The first-order valence-corrected chi connectivity index (χ1v) is 6.80. The molecular formula is C16H22O2. The average Bonchev–Trinajstić information content (AvgIpc) is 2.75. The van der Waals surface area contributed by atoms with Gasteiger partial charge in [-0.2, -0.15) is 0 Å². The van der Waals surface area contributed by atoms with Crippen molar-refractivity contribution in [2.75, 3.05) is 6.61 Å². The van der Waals surface area contributed by atoms with Gasteiger partial charge in [0.05, 0.1) is 12.7 Å². The van der Waals surface area contributed by atoms with Crippen LogP contribution in [-0.2, 0) is 0 Å². The van der Waals surface area contributed by atoms with E-state index in [2.05, 4.69) is 25.1 Å². The Morgan fingerprint density at radius 3 is 3.00 bits per heavy atom. The second kappa shape index (κ2) is 6.60. The molecule has 1 N–H and O–H groups in total. The van der Waals surface area contributed by atoms with E-state index >= 15 is 0 Å². The lowest BCUT2D eigenvalue weighted by Crippen LogP contribution is -2.09. The topological polar surface area (TPSA) is 29.5 Å². The number of ether oxygens (including phenoxy) is 1. The summed E-state index contributed by atoms with van der Waals surface area (Å²) in [6.07, 6.45) is 8.28. The number of benzene rings is 1. The van der Waals surface area contributed by atoms with E-state index in [1.165, 1.54) is 5.56 Å². The molecule has 0 amide bonds. The summed E-state index contributed by atoms with van der Waals surface area (Å²) in [5.41, 5.74) is 1.22. The van der Waals surface area contributed by atoms with Gasteiger partial charge in [-0.3, -0.25) is 0 Å². The largest absolute Gasteiger partial charge is 0.493 e. The van der Waals surface area contributed by atoms with E-state index in [1.54, 1.807) is 0 Å². The third kappa shape index (κ3) is 3.88.